The monoisotopic (exact) mass is 573 g/mol. The van der Waals surface area contributed by atoms with Crippen molar-refractivity contribution in [1.29, 1.82) is 4.78 Å². The Morgan fingerprint density at radius 3 is 2.65 bits per heavy atom. The van der Waals surface area contributed by atoms with Gasteiger partial charge in [0, 0.05) is 28.7 Å². The predicted molar refractivity (Wildman–Crippen MR) is 126 cm³/mol. The van der Waals surface area contributed by atoms with Gasteiger partial charge >= 0.3 is 0 Å². The van der Waals surface area contributed by atoms with Crippen molar-refractivity contribution in [3.63, 3.8) is 0 Å². The number of hydrogen-bond acceptors (Lipinski definition) is 8. The standard InChI is InChI=1S/C18H18Br2FN7O2S/c1-31(22,28-12-4-2-11(19)3-5-12)9-8-23-17-16(26-30-27-17)18(25-29)24-13-6-7-15(21)14(20)10-13/h2-7,10,22,29H,8-9H2,1H3,(H,23,27)(H,24,25). The zero-order valence-electron chi connectivity index (χ0n) is 16.1. The van der Waals surface area contributed by atoms with Crippen molar-refractivity contribution < 1.29 is 14.2 Å². The van der Waals surface area contributed by atoms with Gasteiger partial charge in [-0.25, -0.2) is 13.4 Å². The number of nitrogens with zero attached hydrogens (tertiary/aromatic N) is 4. The number of hydrogen-bond donors (Lipinski definition) is 4. The highest BCUT2D eigenvalue weighted by Crippen LogP contribution is 2.22. The zero-order chi connectivity index (χ0) is 22.4. The lowest BCUT2D eigenvalue weighted by Crippen LogP contribution is -2.19. The fraction of sp³-hybridized carbons (Fsp3) is 0.167. The van der Waals surface area contributed by atoms with Gasteiger partial charge in [-0.2, -0.15) is 0 Å². The van der Waals surface area contributed by atoms with Gasteiger partial charge in [-0.05, 0) is 68.7 Å². The van der Waals surface area contributed by atoms with Gasteiger partial charge in [0.2, 0.25) is 11.7 Å². The molecule has 4 N–H and O–H groups in total. The summed E-state index contributed by atoms with van der Waals surface area (Å²) in [6, 6.07) is 11.7. The van der Waals surface area contributed by atoms with E-state index in [1.165, 1.54) is 18.2 Å². The van der Waals surface area contributed by atoms with E-state index in [2.05, 4.69) is 62.3 Å². The second-order valence-electron chi connectivity index (χ2n) is 6.40. The number of amidine groups is 1. The highest BCUT2D eigenvalue weighted by atomic mass is 79.9. The molecule has 1 atom stereocenters. The molecular weight excluding hydrogens is 557 g/mol. The molecule has 0 fully saturated rings. The third kappa shape index (κ3) is 6.48. The van der Waals surface area contributed by atoms with E-state index in [-0.39, 0.29) is 21.8 Å². The van der Waals surface area contributed by atoms with Gasteiger partial charge in [0.15, 0.2) is 5.69 Å². The van der Waals surface area contributed by atoms with Gasteiger partial charge in [0.25, 0.3) is 0 Å². The molecule has 0 bridgehead atoms. The lowest BCUT2D eigenvalue weighted by atomic mass is 10.3. The Morgan fingerprint density at radius 2 is 1.97 bits per heavy atom. The van der Waals surface area contributed by atoms with Crippen LogP contribution in [0.15, 0.2) is 65.6 Å². The van der Waals surface area contributed by atoms with Gasteiger partial charge in [0.05, 0.1) is 10.2 Å². The first-order valence-electron chi connectivity index (χ1n) is 8.77. The number of anilines is 2. The van der Waals surface area contributed by atoms with E-state index in [9.17, 15) is 9.60 Å². The Labute approximate surface area is 195 Å². The summed E-state index contributed by atoms with van der Waals surface area (Å²) < 4.78 is 32.4. The van der Waals surface area contributed by atoms with Crippen LogP contribution < -0.4 is 10.6 Å². The Hall–Kier alpha value is -2.51. The molecule has 0 saturated carbocycles. The lowest BCUT2D eigenvalue weighted by Gasteiger charge is -2.10. The maximum absolute atomic E-state index is 13.4. The molecule has 1 heterocycles. The van der Waals surface area contributed by atoms with Crippen molar-refractivity contribution in [3.05, 3.63) is 62.9 Å². The SMILES string of the molecule is CS(=N)(CCNc1nonc1/C(=N/O)Nc1ccc(F)c(Br)c1)=Nc1ccc(Br)cc1. The summed E-state index contributed by atoms with van der Waals surface area (Å²) in [5, 5.41) is 26.0. The summed E-state index contributed by atoms with van der Waals surface area (Å²) in [4.78, 5) is 0. The molecule has 0 aliphatic rings. The maximum atomic E-state index is 13.4. The maximum Gasteiger partial charge on any atom is 0.203 e. The summed E-state index contributed by atoms with van der Waals surface area (Å²) in [5.41, 5.74) is 1.34. The lowest BCUT2D eigenvalue weighted by molar-refractivity contribution is 0.305. The van der Waals surface area contributed by atoms with Gasteiger partial charge in [0.1, 0.15) is 5.82 Å². The molecule has 0 spiro atoms. The van der Waals surface area contributed by atoms with Crippen LogP contribution in [0.3, 0.4) is 0 Å². The van der Waals surface area contributed by atoms with Crippen molar-refractivity contribution in [2.75, 3.05) is 29.2 Å². The van der Waals surface area contributed by atoms with Crippen LogP contribution in [0.5, 0.6) is 0 Å². The molecule has 3 rings (SSSR count). The first-order chi connectivity index (χ1) is 14.8. The zero-order valence-corrected chi connectivity index (χ0v) is 20.1. The molecule has 31 heavy (non-hydrogen) atoms. The minimum atomic E-state index is -2.01. The third-order valence-electron chi connectivity index (χ3n) is 3.92. The second-order valence-corrected chi connectivity index (χ2v) is 10.8. The van der Waals surface area contributed by atoms with E-state index >= 15 is 0 Å². The van der Waals surface area contributed by atoms with E-state index in [1.807, 2.05) is 24.3 Å². The van der Waals surface area contributed by atoms with E-state index in [0.29, 0.717) is 18.0 Å². The van der Waals surface area contributed by atoms with E-state index in [4.69, 9.17) is 9.41 Å². The van der Waals surface area contributed by atoms with Gasteiger partial charge < -0.3 is 15.8 Å². The number of rotatable bonds is 7. The Bertz CT molecular complexity index is 1210. The van der Waals surface area contributed by atoms with Crippen molar-refractivity contribution >= 4 is 64.5 Å². The number of halogens is 3. The fourth-order valence-corrected chi connectivity index (χ4v) is 4.27. The Kier molecular flexibility index (Phi) is 7.62. The number of aromatic nitrogens is 2. The number of oxime groups is 1. The smallest absolute Gasteiger partial charge is 0.203 e. The van der Waals surface area contributed by atoms with Gasteiger partial charge in [-0.1, -0.05) is 30.7 Å². The predicted octanol–water partition coefficient (Wildman–Crippen LogP) is 5.45. The van der Waals surface area contributed by atoms with E-state index < -0.39 is 15.4 Å². The average molecular weight is 575 g/mol. The average Bonchev–Trinajstić information content (AvgIpc) is 3.18. The molecule has 9 nitrogen and oxygen atoms in total. The molecule has 3 aromatic rings. The molecule has 0 radical (unpaired) electrons. The van der Waals surface area contributed by atoms with Crippen LogP contribution in [0.1, 0.15) is 5.69 Å². The molecule has 0 aliphatic carbocycles. The van der Waals surface area contributed by atoms with Crippen molar-refractivity contribution in [2.24, 2.45) is 9.52 Å². The van der Waals surface area contributed by atoms with Crippen LogP contribution in [0.4, 0.5) is 21.6 Å². The summed E-state index contributed by atoms with van der Waals surface area (Å²) in [7, 11) is -2.01. The van der Waals surface area contributed by atoms with Crippen LogP contribution in [0.25, 0.3) is 0 Å². The molecule has 0 saturated heterocycles. The Morgan fingerprint density at radius 1 is 1.23 bits per heavy atom. The van der Waals surface area contributed by atoms with Gasteiger partial charge in [-0.15, -0.1) is 0 Å². The largest absolute Gasteiger partial charge is 0.409 e. The Balaban J connectivity index is 1.67. The molecule has 2 aromatic carbocycles. The second kappa shape index (κ2) is 10.2. The van der Waals surface area contributed by atoms with Crippen LogP contribution in [-0.2, 0) is 9.62 Å². The van der Waals surface area contributed by atoms with E-state index in [0.717, 1.165) is 10.2 Å². The topological polar surface area (TPSA) is 132 Å². The molecule has 1 aromatic heterocycles. The molecule has 0 amide bonds. The van der Waals surface area contributed by atoms with Crippen LogP contribution >= 0.6 is 31.9 Å². The van der Waals surface area contributed by atoms with Crippen LogP contribution in [0, 0.1) is 10.6 Å². The molecule has 164 valence electrons. The highest BCUT2D eigenvalue weighted by molar-refractivity contribution is 9.10. The van der Waals surface area contributed by atoms with Crippen LogP contribution in [0.2, 0.25) is 0 Å². The molecular formula is C18H18Br2FN7O2S. The minimum Gasteiger partial charge on any atom is -0.409 e. The van der Waals surface area contributed by atoms with Crippen molar-refractivity contribution in [3.8, 4) is 0 Å². The first kappa shape index (κ1) is 23.2. The summed E-state index contributed by atoms with van der Waals surface area (Å²) in [5.74, 6) is 0.218. The molecule has 1 unspecified atom stereocenters. The normalized spacial score (nSPS) is 13.5. The summed E-state index contributed by atoms with van der Waals surface area (Å²) in [6.45, 7) is 0.372. The van der Waals surface area contributed by atoms with Crippen molar-refractivity contribution in [1.82, 2.24) is 10.3 Å². The molecule has 13 heteroatoms. The first-order valence-corrected chi connectivity index (χ1v) is 12.5. The molecule has 0 aliphatic heterocycles. The third-order valence-corrected chi connectivity index (χ3v) is 6.67. The van der Waals surface area contributed by atoms with Crippen LogP contribution in [-0.4, -0.2) is 39.9 Å². The summed E-state index contributed by atoms with van der Waals surface area (Å²) >= 11 is 6.47. The summed E-state index contributed by atoms with van der Waals surface area (Å²) in [6.07, 6.45) is 1.78. The number of nitrogens with one attached hydrogen (secondary N) is 3. The van der Waals surface area contributed by atoms with E-state index in [1.54, 1.807) is 6.26 Å². The van der Waals surface area contributed by atoms with Crippen molar-refractivity contribution in [2.45, 2.75) is 0 Å². The highest BCUT2D eigenvalue weighted by Gasteiger charge is 2.18. The minimum absolute atomic E-state index is 0.0391. The fourth-order valence-electron chi connectivity index (χ4n) is 2.45. The van der Waals surface area contributed by atoms with Gasteiger partial charge in [-0.3, -0.25) is 4.78 Å². The number of benzene rings is 2. The quantitative estimate of drug-likeness (QED) is 0.128.